The van der Waals surface area contributed by atoms with Gasteiger partial charge in [0.15, 0.2) is 6.61 Å². The topological polar surface area (TPSA) is 81.7 Å². The molecule has 2 aromatic rings. The largest absolute Gasteiger partial charge is 0.462 e. The first-order valence-electron chi connectivity index (χ1n) is 8.37. The first-order valence-corrected chi connectivity index (χ1v) is 9.18. The predicted octanol–water partition coefficient (Wildman–Crippen LogP) is 3.87. The van der Waals surface area contributed by atoms with E-state index in [1.807, 2.05) is 37.3 Å². The summed E-state index contributed by atoms with van der Waals surface area (Å²) < 4.78 is 9.96. The number of anilines is 1. The second kappa shape index (κ2) is 9.72. The van der Waals surface area contributed by atoms with Crippen LogP contribution in [0.15, 0.2) is 36.4 Å². The van der Waals surface area contributed by atoms with Gasteiger partial charge in [-0.15, -0.1) is 11.3 Å². The van der Waals surface area contributed by atoms with Crippen molar-refractivity contribution in [3.05, 3.63) is 41.3 Å². The molecule has 1 heterocycles. The zero-order valence-corrected chi connectivity index (χ0v) is 15.6. The van der Waals surface area contributed by atoms with Crippen LogP contribution in [0.2, 0.25) is 0 Å². The number of amides is 1. The molecule has 26 heavy (non-hydrogen) atoms. The first kappa shape index (κ1) is 19.7. The summed E-state index contributed by atoms with van der Waals surface area (Å²) in [6.45, 7) is 3.41. The van der Waals surface area contributed by atoms with Gasteiger partial charge in [0, 0.05) is 11.3 Å². The van der Waals surface area contributed by atoms with Gasteiger partial charge in [0.05, 0.1) is 12.3 Å². The fourth-order valence-corrected chi connectivity index (χ4v) is 3.20. The van der Waals surface area contributed by atoms with Gasteiger partial charge < -0.3 is 14.8 Å². The smallest absolute Gasteiger partial charge is 0.350 e. The lowest BCUT2D eigenvalue weighted by Gasteiger charge is -2.07. The van der Waals surface area contributed by atoms with E-state index in [0.29, 0.717) is 17.0 Å². The highest BCUT2D eigenvalue weighted by molar-refractivity contribution is 7.18. The molecular formula is C19H21NO5S. The van der Waals surface area contributed by atoms with Crippen LogP contribution in [-0.2, 0) is 19.1 Å². The summed E-state index contributed by atoms with van der Waals surface area (Å²) in [6.07, 6.45) is 0.913. The van der Waals surface area contributed by atoms with E-state index in [1.54, 1.807) is 13.0 Å². The maximum atomic E-state index is 12.2. The van der Waals surface area contributed by atoms with Crippen LogP contribution in [0.1, 0.15) is 36.4 Å². The van der Waals surface area contributed by atoms with Crippen molar-refractivity contribution in [3.8, 4) is 10.4 Å². The van der Waals surface area contributed by atoms with Gasteiger partial charge in [-0.2, -0.15) is 0 Å². The highest BCUT2D eigenvalue weighted by Crippen LogP contribution is 2.35. The predicted molar refractivity (Wildman–Crippen MR) is 100 cm³/mol. The maximum Gasteiger partial charge on any atom is 0.350 e. The second-order valence-electron chi connectivity index (χ2n) is 5.40. The third-order valence-electron chi connectivity index (χ3n) is 3.34. The van der Waals surface area contributed by atoms with E-state index in [2.05, 4.69) is 5.32 Å². The molecule has 7 heteroatoms. The van der Waals surface area contributed by atoms with E-state index in [4.69, 9.17) is 9.47 Å². The Labute approximate surface area is 156 Å². The van der Waals surface area contributed by atoms with Crippen LogP contribution in [0, 0.1) is 0 Å². The van der Waals surface area contributed by atoms with Crippen molar-refractivity contribution >= 4 is 34.9 Å². The van der Waals surface area contributed by atoms with E-state index in [0.717, 1.165) is 10.4 Å². The number of ether oxygens (including phenoxy) is 2. The SMILES string of the molecule is CCCC(=O)OCC(=O)Nc1cc(-c2ccccc2)sc1C(=O)OCC. The standard InChI is InChI=1S/C19H21NO5S/c1-3-8-17(22)25-12-16(21)20-14-11-15(13-9-6-5-7-10-13)26-18(14)19(23)24-4-2/h5-7,9-11H,3-4,8,12H2,1-2H3,(H,20,21). The molecule has 0 bridgehead atoms. The molecule has 0 saturated heterocycles. The van der Waals surface area contributed by atoms with Gasteiger partial charge in [-0.3, -0.25) is 9.59 Å². The van der Waals surface area contributed by atoms with Gasteiger partial charge in [0.25, 0.3) is 5.91 Å². The number of nitrogens with one attached hydrogen (secondary N) is 1. The van der Waals surface area contributed by atoms with Crippen LogP contribution >= 0.6 is 11.3 Å². The summed E-state index contributed by atoms with van der Waals surface area (Å²) >= 11 is 1.24. The minimum Gasteiger partial charge on any atom is -0.462 e. The number of hydrogen-bond donors (Lipinski definition) is 1. The molecule has 1 N–H and O–H groups in total. The Hall–Kier alpha value is -2.67. The molecule has 1 amide bonds. The zero-order chi connectivity index (χ0) is 18.9. The molecule has 0 fully saturated rings. The van der Waals surface area contributed by atoms with Gasteiger partial charge >= 0.3 is 11.9 Å². The Morgan fingerprint density at radius 1 is 1.08 bits per heavy atom. The number of thiophene rings is 1. The number of carbonyl (C=O) groups excluding carboxylic acids is 3. The van der Waals surface area contributed by atoms with Crippen LogP contribution in [0.5, 0.6) is 0 Å². The molecule has 0 aliphatic heterocycles. The van der Waals surface area contributed by atoms with Gasteiger partial charge in [0.2, 0.25) is 0 Å². The van der Waals surface area contributed by atoms with E-state index in [9.17, 15) is 14.4 Å². The van der Waals surface area contributed by atoms with Crippen molar-refractivity contribution in [3.63, 3.8) is 0 Å². The molecule has 0 atom stereocenters. The van der Waals surface area contributed by atoms with E-state index in [-0.39, 0.29) is 13.0 Å². The quantitative estimate of drug-likeness (QED) is 0.708. The first-order chi connectivity index (χ1) is 12.5. The number of benzene rings is 1. The molecule has 0 spiro atoms. The average molecular weight is 375 g/mol. The average Bonchev–Trinajstić information content (AvgIpc) is 3.05. The van der Waals surface area contributed by atoms with E-state index < -0.39 is 24.5 Å². The summed E-state index contributed by atoms with van der Waals surface area (Å²) in [5.74, 6) is -1.43. The number of esters is 2. The van der Waals surface area contributed by atoms with Crippen LogP contribution in [0.25, 0.3) is 10.4 Å². The van der Waals surface area contributed by atoms with Gasteiger partial charge in [0.1, 0.15) is 4.88 Å². The third-order valence-corrected chi connectivity index (χ3v) is 4.51. The summed E-state index contributed by atoms with van der Waals surface area (Å²) in [4.78, 5) is 36.8. The summed E-state index contributed by atoms with van der Waals surface area (Å²) in [5, 5.41) is 2.63. The summed E-state index contributed by atoms with van der Waals surface area (Å²) in [6, 6.07) is 11.2. The molecule has 6 nitrogen and oxygen atoms in total. The fraction of sp³-hybridized carbons (Fsp3) is 0.316. The molecule has 0 aliphatic carbocycles. The van der Waals surface area contributed by atoms with E-state index in [1.165, 1.54) is 11.3 Å². The Kier molecular flexibility index (Phi) is 7.35. The van der Waals surface area contributed by atoms with Crippen molar-refractivity contribution in [1.29, 1.82) is 0 Å². The zero-order valence-electron chi connectivity index (χ0n) is 14.7. The minimum atomic E-state index is -0.502. The van der Waals surface area contributed by atoms with Crippen LogP contribution in [-0.4, -0.2) is 31.1 Å². The minimum absolute atomic E-state index is 0.236. The molecule has 0 saturated carbocycles. The lowest BCUT2D eigenvalue weighted by Crippen LogP contribution is -2.21. The molecule has 0 unspecified atom stereocenters. The highest BCUT2D eigenvalue weighted by Gasteiger charge is 2.20. The molecule has 2 rings (SSSR count). The summed E-state index contributed by atoms with van der Waals surface area (Å²) in [5.41, 5.74) is 1.28. The second-order valence-corrected chi connectivity index (χ2v) is 6.45. The van der Waals surface area contributed by atoms with Crippen LogP contribution in [0.3, 0.4) is 0 Å². The number of rotatable bonds is 8. The Balaban J connectivity index is 2.17. The third kappa shape index (κ3) is 5.42. The van der Waals surface area contributed by atoms with Crippen LogP contribution < -0.4 is 5.32 Å². The molecule has 0 radical (unpaired) electrons. The van der Waals surface area contributed by atoms with Gasteiger partial charge in [-0.1, -0.05) is 37.3 Å². The fourth-order valence-electron chi connectivity index (χ4n) is 2.19. The van der Waals surface area contributed by atoms with Crippen molar-refractivity contribution in [2.45, 2.75) is 26.7 Å². The normalized spacial score (nSPS) is 10.2. The van der Waals surface area contributed by atoms with E-state index >= 15 is 0 Å². The Morgan fingerprint density at radius 2 is 1.81 bits per heavy atom. The highest BCUT2D eigenvalue weighted by atomic mass is 32.1. The Bertz CT molecular complexity index is 769. The van der Waals surface area contributed by atoms with Crippen molar-refractivity contribution in [2.75, 3.05) is 18.5 Å². The molecule has 0 aliphatic rings. The lowest BCUT2D eigenvalue weighted by atomic mass is 10.2. The number of carbonyl (C=O) groups is 3. The van der Waals surface area contributed by atoms with Crippen molar-refractivity contribution < 1.29 is 23.9 Å². The Morgan fingerprint density at radius 3 is 2.46 bits per heavy atom. The molecule has 138 valence electrons. The monoisotopic (exact) mass is 375 g/mol. The van der Waals surface area contributed by atoms with Crippen molar-refractivity contribution in [2.24, 2.45) is 0 Å². The van der Waals surface area contributed by atoms with Crippen molar-refractivity contribution in [1.82, 2.24) is 0 Å². The molecule has 1 aromatic carbocycles. The lowest BCUT2D eigenvalue weighted by molar-refractivity contribution is -0.147. The van der Waals surface area contributed by atoms with Gasteiger partial charge in [-0.05, 0) is 25.0 Å². The molecule has 1 aromatic heterocycles. The summed E-state index contributed by atoms with van der Waals surface area (Å²) in [7, 11) is 0. The van der Waals surface area contributed by atoms with Crippen LogP contribution in [0.4, 0.5) is 5.69 Å². The maximum absolute atomic E-state index is 12.2. The van der Waals surface area contributed by atoms with Gasteiger partial charge in [-0.25, -0.2) is 4.79 Å². The molecular weight excluding hydrogens is 354 g/mol. The number of hydrogen-bond acceptors (Lipinski definition) is 6.